The molecule has 1 amide bonds. The number of anilines is 1. The predicted molar refractivity (Wildman–Crippen MR) is 75.1 cm³/mol. The summed E-state index contributed by atoms with van der Waals surface area (Å²) in [5, 5.41) is 11.8. The summed E-state index contributed by atoms with van der Waals surface area (Å²) < 4.78 is 0. The van der Waals surface area contributed by atoms with Crippen molar-refractivity contribution in [3.05, 3.63) is 58.9 Å². The van der Waals surface area contributed by atoms with Gasteiger partial charge in [0, 0.05) is 5.69 Å². The van der Waals surface area contributed by atoms with Crippen LogP contribution in [0.25, 0.3) is 0 Å². The molecule has 5 heteroatoms. The van der Waals surface area contributed by atoms with Gasteiger partial charge in [-0.2, -0.15) is 0 Å². The normalized spacial score (nSPS) is 10.1. The summed E-state index contributed by atoms with van der Waals surface area (Å²) in [6.45, 7) is 3.29. The van der Waals surface area contributed by atoms with Gasteiger partial charge >= 0.3 is 5.97 Å². The Morgan fingerprint density at radius 3 is 2.25 bits per heavy atom. The first-order valence-electron chi connectivity index (χ1n) is 6.07. The summed E-state index contributed by atoms with van der Waals surface area (Å²) >= 11 is 0. The molecule has 0 fully saturated rings. The van der Waals surface area contributed by atoms with E-state index >= 15 is 0 Å². The lowest BCUT2D eigenvalue weighted by Gasteiger charge is -2.09. The van der Waals surface area contributed by atoms with E-state index in [1.54, 1.807) is 38.1 Å². The van der Waals surface area contributed by atoms with Crippen LogP contribution in [-0.4, -0.2) is 22.0 Å². The number of benzene rings is 1. The zero-order valence-corrected chi connectivity index (χ0v) is 11.2. The molecule has 0 saturated heterocycles. The molecule has 0 aliphatic carbocycles. The minimum atomic E-state index is -1.09. The van der Waals surface area contributed by atoms with E-state index in [0.717, 1.165) is 0 Å². The van der Waals surface area contributed by atoms with Crippen molar-refractivity contribution in [2.75, 3.05) is 5.32 Å². The largest absolute Gasteiger partial charge is 0.478 e. The van der Waals surface area contributed by atoms with Crippen molar-refractivity contribution in [1.82, 2.24) is 4.98 Å². The molecule has 0 spiro atoms. The van der Waals surface area contributed by atoms with Gasteiger partial charge in [-0.15, -0.1) is 0 Å². The number of amides is 1. The number of aromatic carboxylic acids is 1. The average Bonchev–Trinajstić information content (AvgIpc) is 2.39. The van der Waals surface area contributed by atoms with Gasteiger partial charge in [0.15, 0.2) is 0 Å². The Balaban J connectivity index is 2.35. The number of pyridine rings is 1. The van der Waals surface area contributed by atoms with Gasteiger partial charge in [0.05, 0.1) is 22.5 Å². The summed E-state index contributed by atoms with van der Waals surface area (Å²) in [7, 11) is 0. The van der Waals surface area contributed by atoms with E-state index in [2.05, 4.69) is 10.3 Å². The third-order valence-electron chi connectivity index (χ3n) is 2.91. The van der Waals surface area contributed by atoms with Gasteiger partial charge in [0.2, 0.25) is 0 Å². The van der Waals surface area contributed by atoms with Gasteiger partial charge in [0.1, 0.15) is 0 Å². The Kier molecular flexibility index (Phi) is 3.79. The number of carboxylic acids is 1. The number of carbonyl (C=O) groups is 2. The summed E-state index contributed by atoms with van der Waals surface area (Å²) in [5.74, 6) is -1.47. The van der Waals surface area contributed by atoms with Crippen LogP contribution < -0.4 is 5.32 Å². The molecule has 0 saturated carbocycles. The van der Waals surface area contributed by atoms with Gasteiger partial charge in [-0.1, -0.05) is 18.2 Å². The Labute approximate surface area is 116 Å². The molecule has 0 unspecified atom stereocenters. The highest BCUT2D eigenvalue weighted by molar-refractivity contribution is 6.06. The molecule has 0 bridgehead atoms. The highest BCUT2D eigenvalue weighted by atomic mass is 16.4. The summed E-state index contributed by atoms with van der Waals surface area (Å²) in [4.78, 5) is 27.4. The lowest BCUT2D eigenvalue weighted by molar-refractivity contribution is 0.0695. The molecule has 0 radical (unpaired) electrons. The number of carboxylic acid groups (broad SMARTS) is 1. The molecule has 0 atom stereocenters. The van der Waals surface area contributed by atoms with Gasteiger partial charge < -0.3 is 10.4 Å². The first kappa shape index (κ1) is 13.7. The average molecular weight is 270 g/mol. The first-order chi connectivity index (χ1) is 9.49. The van der Waals surface area contributed by atoms with Gasteiger partial charge in [-0.3, -0.25) is 9.78 Å². The molecule has 20 heavy (non-hydrogen) atoms. The molecule has 0 aliphatic heterocycles. The van der Waals surface area contributed by atoms with E-state index in [1.807, 2.05) is 6.07 Å². The first-order valence-corrected chi connectivity index (χ1v) is 6.07. The van der Waals surface area contributed by atoms with Gasteiger partial charge in [0.25, 0.3) is 5.91 Å². The van der Waals surface area contributed by atoms with Crippen LogP contribution in [0, 0.1) is 13.8 Å². The Morgan fingerprint density at radius 1 is 1.05 bits per heavy atom. The van der Waals surface area contributed by atoms with Crippen LogP contribution in [0.1, 0.15) is 32.1 Å². The fraction of sp³-hybridized carbons (Fsp3) is 0.133. The number of aryl methyl sites for hydroxylation is 2. The Bertz CT molecular complexity index is 666. The predicted octanol–water partition coefficient (Wildman–Crippen LogP) is 2.65. The van der Waals surface area contributed by atoms with Crippen molar-refractivity contribution in [3.63, 3.8) is 0 Å². The number of rotatable bonds is 3. The van der Waals surface area contributed by atoms with Crippen LogP contribution in [0.3, 0.4) is 0 Å². The Morgan fingerprint density at radius 2 is 1.65 bits per heavy atom. The molecule has 2 rings (SSSR count). The van der Waals surface area contributed by atoms with Crippen molar-refractivity contribution in [1.29, 1.82) is 0 Å². The minimum Gasteiger partial charge on any atom is -0.478 e. The third-order valence-corrected chi connectivity index (χ3v) is 2.91. The van der Waals surface area contributed by atoms with Crippen LogP contribution >= 0.6 is 0 Å². The van der Waals surface area contributed by atoms with E-state index in [0.29, 0.717) is 17.1 Å². The van der Waals surface area contributed by atoms with Crippen molar-refractivity contribution in [3.8, 4) is 0 Å². The number of nitrogens with one attached hydrogen (secondary N) is 1. The van der Waals surface area contributed by atoms with E-state index in [1.165, 1.54) is 6.07 Å². The third kappa shape index (κ3) is 2.83. The van der Waals surface area contributed by atoms with Crippen LogP contribution in [0.2, 0.25) is 0 Å². The molecule has 5 nitrogen and oxygen atoms in total. The number of para-hydroxylation sites is 1. The monoisotopic (exact) mass is 270 g/mol. The van der Waals surface area contributed by atoms with Gasteiger partial charge in [-0.05, 0) is 32.0 Å². The molecule has 2 aromatic rings. The van der Waals surface area contributed by atoms with Crippen LogP contribution in [0.5, 0.6) is 0 Å². The molecule has 102 valence electrons. The highest BCUT2D eigenvalue weighted by Crippen LogP contribution is 2.15. The van der Waals surface area contributed by atoms with E-state index in [-0.39, 0.29) is 17.0 Å². The number of carbonyl (C=O) groups excluding carboxylic acids is 1. The van der Waals surface area contributed by atoms with Crippen molar-refractivity contribution in [2.24, 2.45) is 0 Å². The number of hydrogen-bond acceptors (Lipinski definition) is 3. The molecular formula is C15H14N2O3. The maximum absolute atomic E-state index is 12.2. The van der Waals surface area contributed by atoms with E-state index < -0.39 is 5.97 Å². The molecule has 2 N–H and O–H groups in total. The minimum absolute atomic E-state index is 0.0359. The maximum atomic E-state index is 12.2. The van der Waals surface area contributed by atoms with E-state index in [4.69, 9.17) is 5.11 Å². The highest BCUT2D eigenvalue weighted by Gasteiger charge is 2.16. The lowest BCUT2D eigenvalue weighted by atomic mass is 10.1. The number of nitrogens with zero attached hydrogens (tertiary/aromatic N) is 1. The number of aromatic nitrogens is 1. The number of hydrogen-bond donors (Lipinski definition) is 2. The summed E-state index contributed by atoms with van der Waals surface area (Å²) in [6, 6.07) is 10.3. The molecule has 1 aromatic heterocycles. The van der Waals surface area contributed by atoms with Crippen molar-refractivity contribution >= 4 is 17.6 Å². The quantitative estimate of drug-likeness (QED) is 0.898. The van der Waals surface area contributed by atoms with Crippen LogP contribution in [0.15, 0.2) is 36.4 Å². The smallest absolute Gasteiger partial charge is 0.337 e. The topological polar surface area (TPSA) is 79.3 Å². The fourth-order valence-corrected chi connectivity index (χ4v) is 1.89. The second kappa shape index (κ2) is 5.52. The zero-order chi connectivity index (χ0) is 14.7. The Hall–Kier alpha value is -2.69. The SMILES string of the molecule is Cc1nc(C)c(C(=O)Nc2ccccc2)cc1C(=O)O. The zero-order valence-electron chi connectivity index (χ0n) is 11.2. The van der Waals surface area contributed by atoms with Crippen LogP contribution in [0.4, 0.5) is 5.69 Å². The van der Waals surface area contributed by atoms with Crippen molar-refractivity contribution < 1.29 is 14.7 Å². The molecule has 1 heterocycles. The standard InChI is InChI=1S/C15H14N2O3/c1-9-12(8-13(15(19)20)10(2)16-9)14(18)17-11-6-4-3-5-7-11/h3-8H,1-2H3,(H,17,18)(H,19,20). The second-order valence-corrected chi connectivity index (χ2v) is 4.38. The molecule has 1 aromatic carbocycles. The fourth-order valence-electron chi connectivity index (χ4n) is 1.89. The summed E-state index contributed by atoms with van der Waals surface area (Å²) in [6.07, 6.45) is 0. The van der Waals surface area contributed by atoms with Crippen LogP contribution in [-0.2, 0) is 0 Å². The second-order valence-electron chi connectivity index (χ2n) is 4.38. The van der Waals surface area contributed by atoms with Gasteiger partial charge in [-0.25, -0.2) is 4.79 Å². The summed E-state index contributed by atoms with van der Waals surface area (Å²) in [5.41, 5.74) is 1.84. The van der Waals surface area contributed by atoms with Crippen molar-refractivity contribution in [2.45, 2.75) is 13.8 Å². The van der Waals surface area contributed by atoms with E-state index in [9.17, 15) is 9.59 Å². The lowest BCUT2D eigenvalue weighted by Crippen LogP contribution is -2.16. The maximum Gasteiger partial charge on any atom is 0.337 e. The molecule has 0 aliphatic rings. The molecular weight excluding hydrogens is 256 g/mol.